The minimum Gasteiger partial charge on any atom is -0.242 e. The number of unbranched alkanes of at least 4 members (excludes halogenated alkanes) is 3. The van der Waals surface area contributed by atoms with Gasteiger partial charge in [0.1, 0.15) is 5.82 Å². The van der Waals surface area contributed by atoms with Crippen molar-refractivity contribution in [2.45, 2.75) is 46.0 Å². The molecular weight excluding hydrogens is 160 g/mol. The fourth-order valence-electron chi connectivity index (χ4n) is 1.38. The van der Waals surface area contributed by atoms with Crippen LogP contribution in [-0.4, -0.2) is 9.97 Å². The van der Waals surface area contributed by atoms with Gasteiger partial charge < -0.3 is 0 Å². The van der Waals surface area contributed by atoms with Crippen molar-refractivity contribution in [1.82, 2.24) is 9.97 Å². The summed E-state index contributed by atoms with van der Waals surface area (Å²) in [6.07, 6.45) is 8.15. The van der Waals surface area contributed by atoms with Crippen LogP contribution in [0.15, 0.2) is 12.3 Å². The van der Waals surface area contributed by atoms with Crippen molar-refractivity contribution >= 4 is 0 Å². The van der Waals surface area contributed by atoms with Crippen LogP contribution in [0.1, 0.15) is 44.1 Å². The molecule has 2 nitrogen and oxygen atoms in total. The van der Waals surface area contributed by atoms with Gasteiger partial charge in [-0.2, -0.15) is 0 Å². The van der Waals surface area contributed by atoms with Gasteiger partial charge in [-0.15, -0.1) is 0 Å². The SMILES string of the molecule is CCCCCCc1ccnc(C)n1. The summed E-state index contributed by atoms with van der Waals surface area (Å²) in [4.78, 5) is 8.43. The lowest BCUT2D eigenvalue weighted by atomic mass is 10.1. The first-order valence-electron chi connectivity index (χ1n) is 5.11. The van der Waals surface area contributed by atoms with Gasteiger partial charge in [-0.3, -0.25) is 0 Å². The van der Waals surface area contributed by atoms with Crippen molar-refractivity contribution in [1.29, 1.82) is 0 Å². The average Bonchev–Trinajstić information content (AvgIpc) is 2.13. The van der Waals surface area contributed by atoms with Crippen LogP contribution in [0.3, 0.4) is 0 Å². The molecule has 72 valence electrons. The monoisotopic (exact) mass is 178 g/mol. The highest BCUT2D eigenvalue weighted by atomic mass is 14.9. The maximum atomic E-state index is 4.36. The van der Waals surface area contributed by atoms with Gasteiger partial charge in [-0.05, 0) is 25.8 Å². The summed E-state index contributed by atoms with van der Waals surface area (Å²) in [6, 6.07) is 2.01. The normalized spacial score (nSPS) is 10.3. The van der Waals surface area contributed by atoms with Crippen LogP contribution < -0.4 is 0 Å². The van der Waals surface area contributed by atoms with Crippen molar-refractivity contribution in [2.75, 3.05) is 0 Å². The van der Waals surface area contributed by atoms with Gasteiger partial charge in [0, 0.05) is 11.9 Å². The molecule has 0 aliphatic heterocycles. The van der Waals surface area contributed by atoms with E-state index in [1.165, 1.54) is 31.4 Å². The molecule has 0 saturated heterocycles. The molecule has 0 N–H and O–H groups in total. The minimum atomic E-state index is 0.882. The zero-order chi connectivity index (χ0) is 9.52. The van der Waals surface area contributed by atoms with E-state index < -0.39 is 0 Å². The van der Waals surface area contributed by atoms with E-state index >= 15 is 0 Å². The van der Waals surface area contributed by atoms with Crippen LogP contribution >= 0.6 is 0 Å². The van der Waals surface area contributed by atoms with Gasteiger partial charge in [-0.25, -0.2) is 9.97 Å². The van der Waals surface area contributed by atoms with E-state index in [2.05, 4.69) is 16.9 Å². The topological polar surface area (TPSA) is 25.8 Å². The second-order valence-corrected chi connectivity index (χ2v) is 3.41. The molecule has 0 fully saturated rings. The maximum Gasteiger partial charge on any atom is 0.125 e. The van der Waals surface area contributed by atoms with Crippen LogP contribution in [0.2, 0.25) is 0 Å². The van der Waals surface area contributed by atoms with E-state index in [1.807, 2.05) is 19.2 Å². The number of hydrogen-bond acceptors (Lipinski definition) is 2. The summed E-state index contributed by atoms with van der Waals surface area (Å²) in [5, 5.41) is 0. The third-order valence-corrected chi connectivity index (χ3v) is 2.12. The lowest BCUT2D eigenvalue weighted by Gasteiger charge is -2.00. The van der Waals surface area contributed by atoms with Crippen LogP contribution in [0.25, 0.3) is 0 Å². The first-order chi connectivity index (χ1) is 6.33. The van der Waals surface area contributed by atoms with Crippen LogP contribution in [-0.2, 0) is 6.42 Å². The molecule has 0 radical (unpaired) electrons. The summed E-state index contributed by atoms with van der Waals surface area (Å²) in [7, 11) is 0. The lowest BCUT2D eigenvalue weighted by Crippen LogP contribution is -1.94. The van der Waals surface area contributed by atoms with Crippen LogP contribution in [0.5, 0.6) is 0 Å². The van der Waals surface area contributed by atoms with Crippen LogP contribution in [0, 0.1) is 6.92 Å². The fraction of sp³-hybridized carbons (Fsp3) is 0.636. The Morgan fingerprint density at radius 1 is 1.23 bits per heavy atom. The molecule has 1 heterocycles. The van der Waals surface area contributed by atoms with Crippen LogP contribution in [0.4, 0.5) is 0 Å². The summed E-state index contributed by atoms with van der Waals surface area (Å²) in [6.45, 7) is 4.17. The molecule has 0 spiro atoms. The molecule has 0 unspecified atom stereocenters. The Labute approximate surface area is 80.4 Å². The first kappa shape index (κ1) is 10.2. The Kier molecular flexibility index (Phi) is 4.44. The predicted molar refractivity (Wildman–Crippen MR) is 54.6 cm³/mol. The molecule has 1 rings (SSSR count). The Bertz CT molecular complexity index is 246. The molecule has 13 heavy (non-hydrogen) atoms. The average molecular weight is 178 g/mol. The Morgan fingerprint density at radius 3 is 2.77 bits per heavy atom. The standard InChI is InChI=1S/C11H18N2/c1-3-4-5-6-7-11-8-9-12-10(2)13-11/h8-9H,3-7H2,1-2H3. The zero-order valence-corrected chi connectivity index (χ0v) is 8.58. The Balaban J connectivity index is 2.28. The van der Waals surface area contributed by atoms with E-state index in [0.29, 0.717) is 0 Å². The van der Waals surface area contributed by atoms with E-state index in [0.717, 1.165) is 12.2 Å². The number of aromatic nitrogens is 2. The summed E-state index contributed by atoms with van der Waals surface area (Å²) < 4.78 is 0. The molecule has 0 aliphatic rings. The van der Waals surface area contributed by atoms with Gasteiger partial charge in [0.2, 0.25) is 0 Å². The smallest absolute Gasteiger partial charge is 0.125 e. The van der Waals surface area contributed by atoms with Gasteiger partial charge >= 0.3 is 0 Å². The lowest BCUT2D eigenvalue weighted by molar-refractivity contribution is 0.658. The predicted octanol–water partition coefficient (Wildman–Crippen LogP) is 2.91. The molecule has 1 aromatic rings. The van der Waals surface area contributed by atoms with Crippen molar-refractivity contribution in [3.8, 4) is 0 Å². The molecule has 0 aromatic carbocycles. The minimum absolute atomic E-state index is 0.882. The summed E-state index contributed by atoms with van der Waals surface area (Å²) >= 11 is 0. The van der Waals surface area contributed by atoms with Gasteiger partial charge in [0.25, 0.3) is 0 Å². The summed E-state index contributed by atoms with van der Waals surface area (Å²) in [5.41, 5.74) is 1.18. The number of rotatable bonds is 5. The number of hydrogen-bond donors (Lipinski definition) is 0. The third-order valence-electron chi connectivity index (χ3n) is 2.12. The summed E-state index contributed by atoms with van der Waals surface area (Å²) in [5.74, 6) is 0.882. The molecule has 0 saturated carbocycles. The highest BCUT2D eigenvalue weighted by Crippen LogP contribution is 2.05. The number of aryl methyl sites for hydroxylation is 2. The molecule has 0 atom stereocenters. The van der Waals surface area contributed by atoms with E-state index in [4.69, 9.17) is 0 Å². The van der Waals surface area contributed by atoms with Crippen molar-refractivity contribution in [3.05, 3.63) is 23.8 Å². The first-order valence-corrected chi connectivity index (χ1v) is 5.11. The van der Waals surface area contributed by atoms with Gasteiger partial charge in [0.05, 0.1) is 0 Å². The third kappa shape index (κ3) is 4.02. The molecule has 1 aromatic heterocycles. The maximum absolute atomic E-state index is 4.36. The Hall–Kier alpha value is -0.920. The van der Waals surface area contributed by atoms with Gasteiger partial charge in [0.15, 0.2) is 0 Å². The van der Waals surface area contributed by atoms with Gasteiger partial charge in [-0.1, -0.05) is 26.2 Å². The second-order valence-electron chi connectivity index (χ2n) is 3.41. The molecule has 2 heteroatoms. The Morgan fingerprint density at radius 2 is 2.08 bits per heavy atom. The fourth-order valence-corrected chi connectivity index (χ4v) is 1.38. The largest absolute Gasteiger partial charge is 0.242 e. The van der Waals surface area contributed by atoms with E-state index in [1.54, 1.807) is 0 Å². The molecule has 0 amide bonds. The van der Waals surface area contributed by atoms with Crippen molar-refractivity contribution < 1.29 is 0 Å². The van der Waals surface area contributed by atoms with E-state index in [-0.39, 0.29) is 0 Å². The quantitative estimate of drug-likeness (QED) is 0.648. The molecule has 0 bridgehead atoms. The van der Waals surface area contributed by atoms with Crippen molar-refractivity contribution in [3.63, 3.8) is 0 Å². The number of nitrogens with zero attached hydrogens (tertiary/aromatic N) is 2. The van der Waals surface area contributed by atoms with Crippen molar-refractivity contribution in [2.24, 2.45) is 0 Å². The van der Waals surface area contributed by atoms with E-state index in [9.17, 15) is 0 Å². The second kappa shape index (κ2) is 5.68. The molecular formula is C11H18N2. The highest BCUT2D eigenvalue weighted by Gasteiger charge is 1.95. The molecule has 0 aliphatic carbocycles. The highest BCUT2D eigenvalue weighted by molar-refractivity contribution is 5.01. The zero-order valence-electron chi connectivity index (χ0n) is 8.58.